The topological polar surface area (TPSA) is 57.7 Å². The third kappa shape index (κ3) is 4.20. The summed E-state index contributed by atoms with van der Waals surface area (Å²) in [4.78, 5) is 14.6. The normalized spacial score (nSPS) is 16.2. The minimum absolute atomic E-state index is 0.0676. The molecule has 27 heavy (non-hydrogen) atoms. The van der Waals surface area contributed by atoms with E-state index in [9.17, 15) is 17.6 Å². The molecule has 1 aliphatic rings. The fourth-order valence-corrected chi connectivity index (χ4v) is 4.79. The summed E-state index contributed by atoms with van der Waals surface area (Å²) in [6.45, 7) is 5.26. The predicted octanol–water partition coefficient (Wildman–Crippen LogP) is 2.98. The smallest absolute Gasteiger partial charge is 0.254 e. The number of sulfonamides is 1. The quantitative estimate of drug-likeness (QED) is 0.810. The molecule has 1 heterocycles. The van der Waals surface area contributed by atoms with Gasteiger partial charge in [0.1, 0.15) is 5.82 Å². The molecule has 1 fully saturated rings. The van der Waals surface area contributed by atoms with Gasteiger partial charge in [-0.1, -0.05) is 17.7 Å². The minimum atomic E-state index is -3.70. The zero-order chi connectivity index (χ0) is 19.6. The highest BCUT2D eigenvalue weighted by Gasteiger charge is 2.28. The van der Waals surface area contributed by atoms with E-state index in [-0.39, 0.29) is 17.3 Å². The maximum Gasteiger partial charge on any atom is 0.254 e. The summed E-state index contributed by atoms with van der Waals surface area (Å²) in [5.74, 6) is -0.552. The molecule has 0 radical (unpaired) electrons. The summed E-state index contributed by atoms with van der Waals surface area (Å²) in [5, 5.41) is 0. The second-order valence-corrected chi connectivity index (χ2v) is 8.76. The summed E-state index contributed by atoms with van der Waals surface area (Å²) < 4.78 is 40.0. The van der Waals surface area contributed by atoms with E-state index in [2.05, 4.69) is 0 Å². The van der Waals surface area contributed by atoms with Gasteiger partial charge in [-0.25, -0.2) is 12.8 Å². The molecule has 0 atom stereocenters. The lowest BCUT2D eigenvalue weighted by molar-refractivity contribution is 0.0763. The van der Waals surface area contributed by atoms with Crippen LogP contribution in [-0.4, -0.2) is 49.7 Å². The summed E-state index contributed by atoms with van der Waals surface area (Å²) in [7, 11) is -3.70. The van der Waals surface area contributed by atoms with E-state index in [1.165, 1.54) is 16.4 Å². The van der Waals surface area contributed by atoms with Crippen LogP contribution in [0.4, 0.5) is 4.39 Å². The van der Waals surface area contributed by atoms with Crippen molar-refractivity contribution in [3.8, 4) is 0 Å². The molecule has 1 saturated heterocycles. The van der Waals surface area contributed by atoms with Gasteiger partial charge in [0.15, 0.2) is 0 Å². The third-order valence-corrected chi connectivity index (χ3v) is 6.72. The van der Waals surface area contributed by atoms with Gasteiger partial charge in [0.2, 0.25) is 10.0 Å². The Morgan fingerprint density at radius 1 is 0.963 bits per heavy atom. The monoisotopic (exact) mass is 390 g/mol. The Hall–Kier alpha value is -2.25. The number of aryl methyl sites for hydroxylation is 2. The first-order valence-corrected chi connectivity index (χ1v) is 10.4. The van der Waals surface area contributed by atoms with Crippen LogP contribution in [0.2, 0.25) is 0 Å². The van der Waals surface area contributed by atoms with Gasteiger partial charge in [-0.2, -0.15) is 4.31 Å². The molecule has 2 aromatic carbocycles. The Balaban J connectivity index is 1.75. The van der Waals surface area contributed by atoms with Crippen LogP contribution in [0, 0.1) is 19.7 Å². The van der Waals surface area contributed by atoms with Crippen molar-refractivity contribution in [1.29, 1.82) is 0 Å². The van der Waals surface area contributed by atoms with Gasteiger partial charge in [0.25, 0.3) is 5.91 Å². The SMILES string of the molecule is Cc1ccc(C(=O)N2CCCN(S(=O)(=O)c3ccc(F)cc3)CC2)c(C)c1. The molecule has 0 N–H and O–H groups in total. The Morgan fingerprint density at radius 2 is 1.67 bits per heavy atom. The number of halogens is 1. The molecule has 144 valence electrons. The summed E-state index contributed by atoms with van der Waals surface area (Å²) in [6, 6.07) is 10.5. The van der Waals surface area contributed by atoms with Gasteiger partial charge < -0.3 is 4.90 Å². The maximum atomic E-state index is 13.1. The van der Waals surface area contributed by atoms with Gasteiger partial charge in [-0.15, -0.1) is 0 Å². The number of carbonyl (C=O) groups excluding carboxylic acids is 1. The van der Waals surface area contributed by atoms with Crippen LogP contribution in [0.3, 0.4) is 0 Å². The van der Waals surface area contributed by atoms with Gasteiger partial charge in [-0.05, 0) is 56.2 Å². The third-order valence-electron chi connectivity index (χ3n) is 4.81. The van der Waals surface area contributed by atoms with E-state index in [1.54, 1.807) is 4.90 Å². The molecule has 0 aromatic heterocycles. The summed E-state index contributed by atoms with van der Waals surface area (Å²) >= 11 is 0. The molecule has 2 aromatic rings. The van der Waals surface area contributed by atoms with Crippen molar-refractivity contribution in [1.82, 2.24) is 9.21 Å². The molecule has 0 unspecified atom stereocenters. The fraction of sp³-hybridized carbons (Fsp3) is 0.350. The average Bonchev–Trinajstić information content (AvgIpc) is 2.88. The largest absolute Gasteiger partial charge is 0.337 e. The van der Waals surface area contributed by atoms with Crippen molar-refractivity contribution in [2.75, 3.05) is 26.2 Å². The number of rotatable bonds is 3. The number of carbonyl (C=O) groups is 1. The molecule has 1 amide bonds. The van der Waals surface area contributed by atoms with Gasteiger partial charge in [0, 0.05) is 31.7 Å². The fourth-order valence-electron chi connectivity index (χ4n) is 3.32. The number of amides is 1. The van der Waals surface area contributed by atoms with Crippen LogP contribution >= 0.6 is 0 Å². The molecule has 3 rings (SSSR count). The first-order chi connectivity index (χ1) is 12.8. The molecule has 0 saturated carbocycles. The van der Waals surface area contributed by atoms with E-state index < -0.39 is 15.8 Å². The standard InChI is InChI=1S/C20H23FN2O3S/c1-15-4-9-19(16(2)14-15)20(24)22-10-3-11-23(13-12-22)27(25,26)18-7-5-17(21)6-8-18/h4-9,14H,3,10-13H2,1-2H3. The molecule has 0 spiro atoms. The van der Waals surface area contributed by atoms with Crippen LogP contribution in [-0.2, 0) is 10.0 Å². The van der Waals surface area contributed by atoms with E-state index in [4.69, 9.17) is 0 Å². The summed E-state index contributed by atoms with van der Waals surface area (Å²) in [5.41, 5.74) is 2.66. The molecular weight excluding hydrogens is 367 g/mol. The van der Waals surface area contributed by atoms with Crippen molar-refractivity contribution in [2.45, 2.75) is 25.2 Å². The molecule has 5 nitrogen and oxygen atoms in total. The van der Waals surface area contributed by atoms with E-state index in [0.29, 0.717) is 31.6 Å². The highest BCUT2D eigenvalue weighted by atomic mass is 32.2. The Morgan fingerprint density at radius 3 is 2.33 bits per heavy atom. The van der Waals surface area contributed by atoms with Crippen molar-refractivity contribution in [3.63, 3.8) is 0 Å². The van der Waals surface area contributed by atoms with Crippen LogP contribution in [0.15, 0.2) is 47.4 Å². The van der Waals surface area contributed by atoms with Gasteiger partial charge >= 0.3 is 0 Å². The second kappa shape index (κ2) is 7.78. The van der Waals surface area contributed by atoms with Gasteiger partial charge in [-0.3, -0.25) is 4.79 Å². The molecule has 7 heteroatoms. The lowest BCUT2D eigenvalue weighted by Gasteiger charge is -2.22. The average molecular weight is 390 g/mol. The molecular formula is C20H23FN2O3S. The Kier molecular flexibility index (Phi) is 5.62. The van der Waals surface area contributed by atoms with Crippen LogP contribution in [0.25, 0.3) is 0 Å². The molecule has 0 bridgehead atoms. The van der Waals surface area contributed by atoms with Crippen molar-refractivity contribution in [2.24, 2.45) is 0 Å². The van der Waals surface area contributed by atoms with Crippen molar-refractivity contribution >= 4 is 15.9 Å². The Labute approximate surface area is 159 Å². The van der Waals surface area contributed by atoms with E-state index >= 15 is 0 Å². The second-order valence-electron chi connectivity index (χ2n) is 6.82. The van der Waals surface area contributed by atoms with Crippen molar-refractivity contribution in [3.05, 3.63) is 65.0 Å². The number of nitrogens with zero attached hydrogens (tertiary/aromatic N) is 2. The predicted molar refractivity (Wildman–Crippen MR) is 102 cm³/mol. The lowest BCUT2D eigenvalue weighted by atomic mass is 10.0. The zero-order valence-electron chi connectivity index (χ0n) is 15.5. The molecule has 0 aliphatic carbocycles. The van der Waals surface area contributed by atoms with Crippen molar-refractivity contribution < 1.29 is 17.6 Å². The van der Waals surface area contributed by atoms with Crippen LogP contribution < -0.4 is 0 Å². The Bertz CT molecular complexity index is 942. The van der Waals surface area contributed by atoms with E-state index in [0.717, 1.165) is 23.3 Å². The highest BCUT2D eigenvalue weighted by Crippen LogP contribution is 2.20. The number of benzene rings is 2. The minimum Gasteiger partial charge on any atom is -0.337 e. The van der Waals surface area contributed by atoms with Gasteiger partial charge in [0.05, 0.1) is 4.90 Å². The maximum absolute atomic E-state index is 13.1. The van der Waals surface area contributed by atoms with Crippen LogP contribution in [0.1, 0.15) is 27.9 Å². The lowest BCUT2D eigenvalue weighted by Crippen LogP contribution is -2.37. The zero-order valence-corrected chi connectivity index (χ0v) is 16.3. The highest BCUT2D eigenvalue weighted by molar-refractivity contribution is 7.89. The first kappa shape index (κ1) is 19.5. The van der Waals surface area contributed by atoms with Crippen LogP contribution in [0.5, 0.6) is 0 Å². The number of hydrogen-bond donors (Lipinski definition) is 0. The first-order valence-electron chi connectivity index (χ1n) is 8.91. The summed E-state index contributed by atoms with van der Waals surface area (Å²) in [6.07, 6.45) is 0.553. The molecule has 1 aliphatic heterocycles. The van der Waals surface area contributed by atoms with E-state index in [1.807, 2.05) is 32.0 Å². The number of hydrogen-bond acceptors (Lipinski definition) is 3.